The third-order valence-electron chi connectivity index (χ3n) is 3.68. The maximum atomic E-state index is 12.1. The molecule has 2 N–H and O–H groups in total. The number of ether oxygens (including phenoxy) is 1. The zero-order chi connectivity index (χ0) is 19.1. The molecule has 0 radical (unpaired) electrons. The summed E-state index contributed by atoms with van der Waals surface area (Å²) in [6.07, 6.45) is 1.73. The lowest BCUT2D eigenvalue weighted by Gasteiger charge is -2.10. The van der Waals surface area contributed by atoms with Crippen LogP contribution in [-0.4, -0.2) is 17.6 Å². The number of amides is 2. The van der Waals surface area contributed by atoms with Crippen LogP contribution in [0.25, 0.3) is 11.3 Å². The number of carbonyl (C=O) groups excluding carboxylic acids is 1. The molecule has 1 aromatic heterocycles. The van der Waals surface area contributed by atoms with Crippen molar-refractivity contribution in [2.75, 3.05) is 5.32 Å². The third kappa shape index (κ3) is 5.50. The molecule has 3 aromatic rings. The van der Waals surface area contributed by atoms with Crippen LogP contribution in [-0.2, 0) is 6.54 Å². The van der Waals surface area contributed by atoms with E-state index in [4.69, 9.17) is 0 Å². The maximum Gasteiger partial charge on any atom is 0.387 e. The minimum Gasteiger partial charge on any atom is -0.435 e. The minimum atomic E-state index is -2.88. The molecule has 27 heavy (non-hydrogen) atoms. The van der Waals surface area contributed by atoms with Crippen LogP contribution >= 0.6 is 0 Å². The van der Waals surface area contributed by atoms with E-state index < -0.39 is 12.6 Å². The first-order valence-electron chi connectivity index (χ1n) is 8.20. The summed E-state index contributed by atoms with van der Waals surface area (Å²) >= 11 is 0. The van der Waals surface area contributed by atoms with Crippen LogP contribution in [0.4, 0.5) is 19.3 Å². The zero-order valence-electron chi connectivity index (χ0n) is 14.2. The van der Waals surface area contributed by atoms with Gasteiger partial charge >= 0.3 is 12.6 Å². The highest BCUT2D eigenvalue weighted by Gasteiger charge is 2.06. The van der Waals surface area contributed by atoms with Gasteiger partial charge in [0.1, 0.15) is 5.75 Å². The van der Waals surface area contributed by atoms with E-state index in [1.54, 1.807) is 6.20 Å². The number of alkyl halides is 2. The van der Waals surface area contributed by atoms with Gasteiger partial charge in [-0.15, -0.1) is 0 Å². The second-order valence-corrected chi connectivity index (χ2v) is 5.63. The smallest absolute Gasteiger partial charge is 0.387 e. The molecule has 3 rings (SSSR count). The SMILES string of the molecule is O=C(NCc1cccc(-c2ccccn2)c1)Nc1ccc(OC(F)F)cc1. The Hall–Kier alpha value is -3.48. The summed E-state index contributed by atoms with van der Waals surface area (Å²) in [5, 5.41) is 5.38. The van der Waals surface area contributed by atoms with Crippen LogP contribution in [0, 0.1) is 0 Å². The van der Waals surface area contributed by atoms with E-state index in [1.165, 1.54) is 24.3 Å². The topological polar surface area (TPSA) is 63.2 Å². The number of pyridine rings is 1. The fourth-order valence-electron chi connectivity index (χ4n) is 2.45. The van der Waals surface area contributed by atoms with E-state index in [0.29, 0.717) is 12.2 Å². The van der Waals surface area contributed by atoms with E-state index in [1.807, 2.05) is 42.5 Å². The van der Waals surface area contributed by atoms with Gasteiger partial charge in [-0.05, 0) is 48.0 Å². The monoisotopic (exact) mass is 369 g/mol. The number of carbonyl (C=O) groups is 1. The first kappa shape index (κ1) is 18.3. The van der Waals surface area contributed by atoms with Gasteiger partial charge in [0.2, 0.25) is 0 Å². The molecule has 0 spiro atoms. The number of nitrogens with one attached hydrogen (secondary N) is 2. The molecule has 0 fully saturated rings. The minimum absolute atomic E-state index is 0.0299. The van der Waals surface area contributed by atoms with E-state index in [2.05, 4.69) is 20.4 Å². The molecule has 2 amide bonds. The summed E-state index contributed by atoms with van der Waals surface area (Å²) in [6, 6.07) is 18.7. The van der Waals surface area contributed by atoms with Crippen molar-refractivity contribution in [3.05, 3.63) is 78.5 Å². The lowest BCUT2D eigenvalue weighted by Crippen LogP contribution is -2.28. The summed E-state index contributed by atoms with van der Waals surface area (Å²) in [4.78, 5) is 16.3. The number of aromatic nitrogens is 1. The van der Waals surface area contributed by atoms with Crippen LogP contribution in [0.5, 0.6) is 5.75 Å². The molecule has 5 nitrogen and oxygen atoms in total. The number of hydrogen-bond donors (Lipinski definition) is 2. The molecule has 0 unspecified atom stereocenters. The van der Waals surface area contributed by atoms with E-state index in [0.717, 1.165) is 16.8 Å². The van der Waals surface area contributed by atoms with Crippen LogP contribution in [0.3, 0.4) is 0 Å². The Balaban J connectivity index is 1.55. The molecular formula is C20H17F2N3O2. The van der Waals surface area contributed by atoms with Gasteiger partial charge in [-0.3, -0.25) is 4.98 Å². The van der Waals surface area contributed by atoms with E-state index in [-0.39, 0.29) is 5.75 Å². The predicted octanol–water partition coefficient (Wildman–Crippen LogP) is 4.67. The number of hydrogen-bond acceptors (Lipinski definition) is 3. The van der Waals surface area contributed by atoms with Crippen LogP contribution in [0.2, 0.25) is 0 Å². The lowest BCUT2D eigenvalue weighted by atomic mass is 10.1. The van der Waals surface area contributed by atoms with Gasteiger partial charge in [-0.2, -0.15) is 8.78 Å². The molecule has 0 atom stereocenters. The summed E-state index contributed by atoms with van der Waals surface area (Å²) in [5.41, 5.74) is 3.21. The second-order valence-electron chi connectivity index (χ2n) is 5.63. The Bertz CT molecular complexity index is 887. The van der Waals surface area contributed by atoms with Crippen molar-refractivity contribution in [3.8, 4) is 17.0 Å². The van der Waals surface area contributed by atoms with E-state index in [9.17, 15) is 13.6 Å². The molecule has 7 heteroatoms. The lowest BCUT2D eigenvalue weighted by molar-refractivity contribution is -0.0498. The Morgan fingerprint density at radius 2 is 1.85 bits per heavy atom. The van der Waals surface area contributed by atoms with Crippen LogP contribution in [0.1, 0.15) is 5.56 Å². The average molecular weight is 369 g/mol. The summed E-state index contributed by atoms with van der Waals surface area (Å²) in [6.45, 7) is -2.55. The molecule has 138 valence electrons. The Kier molecular flexibility index (Phi) is 5.94. The fraction of sp³-hybridized carbons (Fsp3) is 0.100. The fourth-order valence-corrected chi connectivity index (χ4v) is 2.45. The molecule has 0 aliphatic heterocycles. The van der Waals surface area contributed by atoms with Gasteiger partial charge in [-0.1, -0.05) is 24.3 Å². The predicted molar refractivity (Wildman–Crippen MR) is 98.6 cm³/mol. The third-order valence-corrected chi connectivity index (χ3v) is 3.68. The molecule has 0 saturated carbocycles. The largest absolute Gasteiger partial charge is 0.435 e. The molecular weight excluding hydrogens is 352 g/mol. The van der Waals surface area contributed by atoms with Crippen molar-refractivity contribution in [3.63, 3.8) is 0 Å². The van der Waals surface area contributed by atoms with Gasteiger partial charge in [-0.25, -0.2) is 4.79 Å². The van der Waals surface area contributed by atoms with Crippen molar-refractivity contribution < 1.29 is 18.3 Å². The summed E-state index contributed by atoms with van der Waals surface area (Å²) < 4.78 is 28.5. The van der Waals surface area contributed by atoms with Crippen molar-refractivity contribution in [1.82, 2.24) is 10.3 Å². The average Bonchev–Trinajstić information content (AvgIpc) is 2.68. The molecule has 0 saturated heterocycles. The number of halogens is 2. The maximum absolute atomic E-state index is 12.1. The summed E-state index contributed by atoms with van der Waals surface area (Å²) in [5.74, 6) is 0.0299. The number of benzene rings is 2. The van der Waals surface area contributed by atoms with Gasteiger partial charge in [0.05, 0.1) is 5.69 Å². The van der Waals surface area contributed by atoms with Gasteiger partial charge in [0.25, 0.3) is 0 Å². The highest BCUT2D eigenvalue weighted by Crippen LogP contribution is 2.19. The highest BCUT2D eigenvalue weighted by atomic mass is 19.3. The van der Waals surface area contributed by atoms with Gasteiger partial charge < -0.3 is 15.4 Å². The first-order valence-corrected chi connectivity index (χ1v) is 8.20. The van der Waals surface area contributed by atoms with Crippen molar-refractivity contribution in [2.45, 2.75) is 13.2 Å². The molecule has 0 aliphatic carbocycles. The van der Waals surface area contributed by atoms with Gasteiger partial charge in [0.15, 0.2) is 0 Å². The first-order chi connectivity index (χ1) is 13.1. The molecule has 0 bridgehead atoms. The normalized spacial score (nSPS) is 10.5. The number of rotatable bonds is 6. The zero-order valence-corrected chi connectivity index (χ0v) is 14.2. The quantitative estimate of drug-likeness (QED) is 0.664. The Morgan fingerprint density at radius 3 is 2.56 bits per heavy atom. The standard InChI is InChI=1S/C20H17F2N3O2/c21-19(22)27-17-9-7-16(8-10-17)25-20(26)24-13-14-4-3-5-15(12-14)18-6-1-2-11-23-18/h1-12,19H,13H2,(H2,24,25,26). The number of urea groups is 1. The Morgan fingerprint density at radius 1 is 1.04 bits per heavy atom. The summed E-state index contributed by atoms with van der Waals surface area (Å²) in [7, 11) is 0. The Labute approximate surface area is 155 Å². The second kappa shape index (κ2) is 8.75. The number of anilines is 1. The highest BCUT2D eigenvalue weighted by molar-refractivity contribution is 5.89. The van der Waals surface area contributed by atoms with Crippen molar-refractivity contribution in [1.29, 1.82) is 0 Å². The van der Waals surface area contributed by atoms with Crippen LogP contribution < -0.4 is 15.4 Å². The molecule has 2 aromatic carbocycles. The molecule has 1 heterocycles. The number of nitrogens with zero attached hydrogens (tertiary/aromatic N) is 1. The van der Waals surface area contributed by atoms with Gasteiger partial charge in [0, 0.05) is 24.0 Å². The molecule has 0 aliphatic rings. The van der Waals surface area contributed by atoms with E-state index >= 15 is 0 Å². The van der Waals surface area contributed by atoms with Crippen molar-refractivity contribution in [2.24, 2.45) is 0 Å². The van der Waals surface area contributed by atoms with Crippen LogP contribution in [0.15, 0.2) is 72.9 Å². The van der Waals surface area contributed by atoms with Crippen molar-refractivity contribution >= 4 is 11.7 Å².